The maximum atomic E-state index is 11.7. The van der Waals surface area contributed by atoms with E-state index in [1.165, 1.54) is 12.3 Å². The third-order valence-electron chi connectivity index (χ3n) is 3.36. The third kappa shape index (κ3) is 3.77. The summed E-state index contributed by atoms with van der Waals surface area (Å²) in [7, 11) is -3.85. The van der Waals surface area contributed by atoms with Crippen molar-refractivity contribution in [1.82, 2.24) is 9.97 Å². The van der Waals surface area contributed by atoms with Crippen molar-refractivity contribution in [3.05, 3.63) is 35.3 Å². The molecule has 1 aromatic heterocycles. The van der Waals surface area contributed by atoms with Crippen LogP contribution in [0.25, 0.3) is 0 Å². The molecule has 0 radical (unpaired) electrons. The summed E-state index contributed by atoms with van der Waals surface area (Å²) < 4.78 is 29.2. The first-order valence-electron chi connectivity index (χ1n) is 7.04. The Balaban J connectivity index is 2.59. The molecule has 8 heteroatoms. The minimum atomic E-state index is -3.85. The number of hydrogen-bond acceptors (Lipinski definition) is 6. The van der Waals surface area contributed by atoms with E-state index in [1.54, 1.807) is 19.9 Å². The van der Waals surface area contributed by atoms with E-state index in [4.69, 9.17) is 15.6 Å². The number of nitrogens with two attached hydrogens (primary N) is 2. The minimum Gasteiger partial charge on any atom is -0.452 e. The lowest BCUT2D eigenvalue weighted by Gasteiger charge is -2.17. The molecule has 0 saturated carbocycles. The van der Waals surface area contributed by atoms with Crippen LogP contribution in [0.1, 0.15) is 36.7 Å². The van der Waals surface area contributed by atoms with E-state index in [2.05, 4.69) is 9.97 Å². The molecular weight excluding hydrogens is 316 g/mol. The molecule has 0 spiro atoms. The van der Waals surface area contributed by atoms with Crippen LogP contribution >= 0.6 is 0 Å². The van der Waals surface area contributed by atoms with Gasteiger partial charge in [0, 0.05) is 6.07 Å². The SMILES string of the molecule is Cc1ncc(Oc2cc(S(N)(=O)=O)c(C)cc2C(C)C)c(N)n1. The largest absolute Gasteiger partial charge is 0.452 e. The number of sulfonamides is 1. The van der Waals surface area contributed by atoms with E-state index >= 15 is 0 Å². The van der Waals surface area contributed by atoms with Crippen molar-refractivity contribution in [3.63, 3.8) is 0 Å². The smallest absolute Gasteiger partial charge is 0.238 e. The summed E-state index contributed by atoms with van der Waals surface area (Å²) in [6.07, 6.45) is 1.46. The number of aromatic nitrogens is 2. The number of nitrogens with zero attached hydrogens (tertiary/aromatic N) is 2. The first-order valence-corrected chi connectivity index (χ1v) is 8.58. The molecule has 0 aliphatic heterocycles. The number of nitrogen functional groups attached to an aromatic ring is 1. The molecule has 0 amide bonds. The Morgan fingerprint density at radius 1 is 1.17 bits per heavy atom. The van der Waals surface area contributed by atoms with Crippen LogP contribution in [0.5, 0.6) is 11.5 Å². The second kappa shape index (κ2) is 6.13. The fourth-order valence-corrected chi connectivity index (χ4v) is 2.99. The highest BCUT2D eigenvalue weighted by atomic mass is 32.2. The average Bonchev–Trinajstić information content (AvgIpc) is 2.41. The van der Waals surface area contributed by atoms with Crippen molar-refractivity contribution >= 4 is 15.8 Å². The Morgan fingerprint density at radius 2 is 1.83 bits per heavy atom. The number of anilines is 1. The molecule has 0 saturated heterocycles. The fraction of sp³-hybridized carbons (Fsp3) is 0.333. The molecule has 0 unspecified atom stereocenters. The molecule has 2 aromatic rings. The Bertz CT molecular complexity index is 848. The maximum absolute atomic E-state index is 11.7. The normalized spacial score (nSPS) is 11.7. The molecule has 1 heterocycles. The van der Waals surface area contributed by atoms with E-state index < -0.39 is 10.0 Å². The number of rotatable bonds is 4. The zero-order valence-corrected chi connectivity index (χ0v) is 14.3. The van der Waals surface area contributed by atoms with E-state index in [-0.39, 0.29) is 22.4 Å². The minimum absolute atomic E-state index is 0.0171. The molecule has 0 atom stereocenters. The van der Waals surface area contributed by atoms with E-state index in [0.717, 1.165) is 5.56 Å². The van der Waals surface area contributed by atoms with Crippen LogP contribution in [0.4, 0.5) is 5.82 Å². The summed E-state index contributed by atoms with van der Waals surface area (Å²) in [4.78, 5) is 8.09. The molecule has 2 rings (SSSR count). The Morgan fingerprint density at radius 3 is 2.35 bits per heavy atom. The zero-order chi connectivity index (χ0) is 17.4. The van der Waals surface area contributed by atoms with Crippen LogP contribution in [0.3, 0.4) is 0 Å². The molecule has 0 fully saturated rings. The summed E-state index contributed by atoms with van der Waals surface area (Å²) in [6, 6.07) is 3.17. The van der Waals surface area contributed by atoms with E-state index in [0.29, 0.717) is 17.1 Å². The van der Waals surface area contributed by atoms with Gasteiger partial charge in [0.25, 0.3) is 0 Å². The number of hydrogen-bond donors (Lipinski definition) is 2. The number of ether oxygens (including phenoxy) is 1. The van der Waals surface area contributed by atoms with Gasteiger partial charge < -0.3 is 10.5 Å². The second-order valence-corrected chi connectivity index (χ2v) is 7.15. The molecule has 0 aliphatic carbocycles. The van der Waals surface area contributed by atoms with Gasteiger partial charge in [-0.3, -0.25) is 0 Å². The molecular formula is C15H20N4O3S. The molecule has 7 nitrogen and oxygen atoms in total. The molecule has 124 valence electrons. The van der Waals surface area contributed by atoms with E-state index in [9.17, 15) is 8.42 Å². The van der Waals surface area contributed by atoms with Crippen LogP contribution < -0.4 is 15.6 Å². The lowest BCUT2D eigenvalue weighted by atomic mass is 10.00. The summed E-state index contributed by atoms with van der Waals surface area (Å²) in [5, 5.41) is 5.26. The topological polar surface area (TPSA) is 121 Å². The highest BCUT2D eigenvalue weighted by molar-refractivity contribution is 7.89. The van der Waals surface area contributed by atoms with Gasteiger partial charge in [0.2, 0.25) is 10.0 Å². The van der Waals surface area contributed by atoms with Crippen LogP contribution in [0.15, 0.2) is 23.2 Å². The highest BCUT2D eigenvalue weighted by Gasteiger charge is 2.19. The summed E-state index contributed by atoms with van der Waals surface area (Å²) in [5.41, 5.74) is 7.24. The molecule has 1 aromatic carbocycles. The predicted octanol–water partition coefficient (Wildman–Crippen LogP) is 2.24. The van der Waals surface area contributed by atoms with Gasteiger partial charge in [-0.15, -0.1) is 0 Å². The van der Waals surface area contributed by atoms with Crippen molar-refractivity contribution < 1.29 is 13.2 Å². The lowest BCUT2D eigenvalue weighted by Crippen LogP contribution is -2.14. The first-order chi connectivity index (χ1) is 10.6. The highest BCUT2D eigenvalue weighted by Crippen LogP contribution is 2.35. The zero-order valence-electron chi connectivity index (χ0n) is 13.5. The van der Waals surface area contributed by atoms with Crippen molar-refractivity contribution in [2.75, 3.05) is 5.73 Å². The third-order valence-corrected chi connectivity index (χ3v) is 4.41. The number of benzene rings is 1. The van der Waals surface area contributed by atoms with Gasteiger partial charge in [-0.2, -0.15) is 0 Å². The number of aryl methyl sites for hydroxylation is 2. The van der Waals surface area contributed by atoms with Gasteiger partial charge in [-0.25, -0.2) is 23.5 Å². The molecule has 23 heavy (non-hydrogen) atoms. The van der Waals surface area contributed by atoms with Crippen LogP contribution in [0, 0.1) is 13.8 Å². The van der Waals surface area contributed by atoms with Gasteiger partial charge >= 0.3 is 0 Å². The van der Waals surface area contributed by atoms with Crippen LogP contribution in [0.2, 0.25) is 0 Å². The fourth-order valence-electron chi connectivity index (χ4n) is 2.21. The quantitative estimate of drug-likeness (QED) is 0.883. The first kappa shape index (κ1) is 17.2. The van der Waals surface area contributed by atoms with Gasteiger partial charge in [0.05, 0.1) is 11.1 Å². The van der Waals surface area contributed by atoms with Crippen molar-refractivity contribution in [2.45, 2.75) is 38.5 Å². The van der Waals surface area contributed by atoms with Gasteiger partial charge in [0.15, 0.2) is 11.6 Å². The molecule has 0 bridgehead atoms. The van der Waals surface area contributed by atoms with Crippen molar-refractivity contribution in [3.8, 4) is 11.5 Å². The van der Waals surface area contributed by atoms with Crippen LogP contribution in [-0.2, 0) is 10.0 Å². The van der Waals surface area contributed by atoms with Gasteiger partial charge in [-0.1, -0.05) is 19.9 Å². The van der Waals surface area contributed by atoms with Crippen LogP contribution in [-0.4, -0.2) is 18.4 Å². The summed E-state index contributed by atoms with van der Waals surface area (Å²) in [6.45, 7) is 7.36. The summed E-state index contributed by atoms with van der Waals surface area (Å²) in [5.74, 6) is 1.46. The standard InChI is InChI=1S/C15H20N4O3S/c1-8(2)11-5-9(3)14(23(17,20)21)6-12(11)22-13-7-18-10(4)19-15(13)16/h5-8H,1-4H3,(H2,16,18,19)(H2,17,20,21). The average molecular weight is 336 g/mol. The molecule has 0 aliphatic rings. The Labute approximate surface area is 135 Å². The lowest BCUT2D eigenvalue weighted by molar-refractivity contribution is 0.468. The predicted molar refractivity (Wildman–Crippen MR) is 87.9 cm³/mol. The monoisotopic (exact) mass is 336 g/mol. The van der Waals surface area contributed by atoms with Crippen molar-refractivity contribution in [2.24, 2.45) is 5.14 Å². The number of primary sulfonamides is 1. The van der Waals surface area contributed by atoms with Gasteiger partial charge in [-0.05, 0) is 30.9 Å². The maximum Gasteiger partial charge on any atom is 0.238 e. The Hall–Kier alpha value is -2.19. The molecule has 4 N–H and O–H groups in total. The van der Waals surface area contributed by atoms with Gasteiger partial charge in [0.1, 0.15) is 11.6 Å². The van der Waals surface area contributed by atoms with Crippen molar-refractivity contribution in [1.29, 1.82) is 0 Å². The summed E-state index contributed by atoms with van der Waals surface area (Å²) >= 11 is 0. The Kier molecular flexibility index (Phi) is 4.58. The van der Waals surface area contributed by atoms with E-state index in [1.807, 2.05) is 13.8 Å². The second-order valence-electron chi connectivity index (χ2n) is 5.62.